The molecule has 0 aromatic carbocycles. The summed E-state index contributed by atoms with van der Waals surface area (Å²) in [6, 6.07) is 0. The van der Waals surface area contributed by atoms with E-state index >= 15 is 0 Å². The van der Waals surface area contributed by atoms with Gasteiger partial charge in [0.05, 0.1) is 6.61 Å². The van der Waals surface area contributed by atoms with Crippen LogP contribution < -0.4 is 5.56 Å². The molecule has 0 bridgehead atoms. The summed E-state index contributed by atoms with van der Waals surface area (Å²) in [6.07, 6.45) is -2.94. The van der Waals surface area contributed by atoms with Gasteiger partial charge in [-0.3, -0.25) is 9.36 Å². The molecule has 2 aromatic rings. The minimum absolute atomic E-state index is 0.0450. The summed E-state index contributed by atoms with van der Waals surface area (Å²) in [5, 5.41) is 29.0. The molecule has 1 saturated heterocycles. The van der Waals surface area contributed by atoms with E-state index in [-0.39, 0.29) is 21.7 Å². The number of aromatic nitrogens is 4. The van der Waals surface area contributed by atoms with Crippen molar-refractivity contribution >= 4 is 23.4 Å². The number of rotatable bonds is 2. The van der Waals surface area contributed by atoms with Crippen LogP contribution in [0.15, 0.2) is 11.0 Å². The molecule has 3 rings (SSSR count). The van der Waals surface area contributed by atoms with Gasteiger partial charge in [0.2, 0.25) is 4.77 Å². The lowest BCUT2D eigenvalue weighted by molar-refractivity contribution is -0.0539. The molecule has 22 heavy (non-hydrogen) atoms. The van der Waals surface area contributed by atoms with E-state index < -0.39 is 31.1 Å². The number of aromatic amines is 1. The molecule has 0 spiro atoms. The van der Waals surface area contributed by atoms with Gasteiger partial charge in [-0.05, 0) is 19.1 Å². The minimum atomic E-state index is -1.27. The number of nitrogens with one attached hydrogen (secondary N) is 1. The zero-order valence-electron chi connectivity index (χ0n) is 11.5. The van der Waals surface area contributed by atoms with Gasteiger partial charge in [-0.15, -0.1) is 0 Å². The molecular weight excluding hydrogens is 312 g/mol. The van der Waals surface area contributed by atoms with E-state index in [9.17, 15) is 15.0 Å². The molecule has 4 atom stereocenters. The van der Waals surface area contributed by atoms with Crippen LogP contribution in [0.5, 0.6) is 0 Å². The highest BCUT2D eigenvalue weighted by Crippen LogP contribution is 2.29. The van der Waals surface area contributed by atoms with E-state index in [2.05, 4.69) is 15.0 Å². The first-order chi connectivity index (χ1) is 10.4. The maximum atomic E-state index is 11.5. The number of hydrogen-bond donors (Lipinski definition) is 4. The third-order valence-electron chi connectivity index (χ3n) is 3.57. The predicted octanol–water partition coefficient (Wildman–Crippen LogP) is -1.23. The highest BCUT2D eigenvalue weighted by Gasteiger charge is 2.43. The van der Waals surface area contributed by atoms with E-state index in [0.29, 0.717) is 5.52 Å². The molecule has 1 fully saturated rings. The van der Waals surface area contributed by atoms with E-state index in [1.807, 2.05) is 0 Å². The molecule has 0 aliphatic carbocycles. The highest BCUT2D eigenvalue weighted by molar-refractivity contribution is 7.71. The summed E-state index contributed by atoms with van der Waals surface area (Å²) in [5.74, 6) is 0. The fourth-order valence-electron chi connectivity index (χ4n) is 2.35. The Morgan fingerprint density at radius 2 is 2.14 bits per heavy atom. The summed E-state index contributed by atoms with van der Waals surface area (Å²) >= 11 is 5.13. The Hall–Kier alpha value is -1.72. The topological polar surface area (TPSA) is 133 Å². The van der Waals surface area contributed by atoms with Crippen molar-refractivity contribution in [3.63, 3.8) is 0 Å². The third kappa shape index (κ3) is 2.34. The molecule has 118 valence electrons. The van der Waals surface area contributed by atoms with Gasteiger partial charge in [0.15, 0.2) is 11.9 Å². The smallest absolute Gasteiger partial charge is 0.270 e. The SMILES string of the molecule is Cc1nc2cn(C3OC(CO)C(O)C3O)c(=S)nc2[nH]c1=O. The number of H-pyrrole nitrogens is 1. The average molecular weight is 326 g/mol. The molecule has 0 amide bonds. The zero-order valence-corrected chi connectivity index (χ0v) is 12.3. The van der Waals surface area contributed by atoms with Crippen molar-refractivity contribution in [2.24, 2.45) is 0 Å². The van der Waals surface area contributed by atoms with Crippen LogP contribution in [0.25, 0.3) is 11.2 Å². The predicted molar refractivity (Wildman–Crippen MR) is 76.7 cm³/mol. The van der Waals surface area contributed by atoms with Gasteiger partial charge >= 0.3 is 0 Å². The van der Waals surface area contributed by atoms with Crippen molar-refractivity contribution in [3.05, 3.63) is 27.0 Å². The lowest BCUT2D eigenvalue weighted by Gasteiger charge is -2.18. The second-order valence-electron chi connectivity index (χ2n) is 5.04. The lowest BCUT2D eigenvalue weighted by atomic mass is 10.1. The van der Waals surface area contributed by atoms with Gasteiger partial charge in [-0.1, -0.05) is 0 Å². The molecule has 0 radical (unpaired) electrons. The summed E-state index contributed by atoms with van der Waals surface area (Å²) < 4.78 is 6.80. The second kappa shape index (κ2) is 5.48. The minimum Gasteiger partial charge on any atom is -0.394 e. The Labute approximate surface area is 128 Å². The van der Waals surface area contributed by atoms with Crippen LogP contribution in [0.4, 0.5) is 0 Å². The van der Waals surface area contributed by atoms with Crippen LogP contribution in [0.1, 0.15) is 11.9 Å². The highest BCUT2D eigenvalue weighted by atomic mass is 32.1. The molecule has 2 aromatic heterocycles. The van der Waals surface area contributed by atoms with Gasteiger partial charge in [-0.25, -0.2) is 4.98 Å². The monoisotopic (exact) mass is 326 g/mol. The summed E-state index contributed by atoms with van der Waals surface area (Å²) in [6.45, 7) is 1.12. The van der Waals surface area contributed by atoms with E-state index in [0.717, 1.165) is 0 Å². The maximum absolute atomic E-state index is 11.5. The van der Waals surface area contributed by atoms with Crippen molar-refractivity contribution in [2.75, 3.05) is 6.61 Å². The van der Waals surface area contributed by atoms with Crippen molar-refractivity contribution in [1.82, 2.24) is 19.5 Å². The molecule has 9 nitrogen and oxygen atoms in total. The van der Waals surface area contributed by atoms with E-state index in [4.69, 9.17) is 22.1 Å². The third-order valence-corrected chi connectivity index (χ3v) is 3.87. The first-order valence-corrected chi connectivity index (χ1v) is 6.95. The summed E-state index contributed by atoms with van der Waals surface area (Å²) in [5.41, 5.74) is 0.492. The van der Waals surface area contributed by atoms with Crippen LogP contribution in [-0.2, 0) is 4.74 Å². The van der Waals surface area contributed by atoms with Crippen LogP contribution in [0.2, 0.25) is 0 Å². The Morgan fingerprint density at radius 1 is 1.41 bits per heavy atom. The standard InChI is InChI=1S/C12H14N4O5S/c1-4-10(20)14-9-5(13-4)2-16(12(22)15-9)11-8(19)7(18)6(3-17)21-11/h2,6-8,11,17-19H,3H2,1H3,(H,14,15,20,22). The molecule has 4 N–H and O–H groups in total. The number of fused-ring (bicyclic) bond motifs is 1. The summed E-state index contributed by atoms with van der Waals surface area (Å²) in [4.78, 5) is 22.3. The van der Waals surface area contributed by atoms with Crippen molar-refractivity contribution in [2.45, 2.75) is 31.5 Å². The quantitative estimate of drug-likeness (QED) is 0.504. The molecule has 4 unspecified atom stereocenters. The number of aliphatic hydroxyl groups is 3. The Balaban J connectivity index is 2.12. The Kier molecular flexibility index (Phi) is 3.78. The molecule has 3 heterocycles. The summed E-state index contributed by atoms with van der Waals surface area (Å²) in [7, 11) is 0. The van der Waals surface area contributed by atoms with Crippen LogP contribution >= 0.6 is 12.2 Å². The van der Waals surface area contributed by atoms with Crippen molar-refractivity contribution in [1.29, 1.82) is 0 Å². The second-order valence-corrected chi connectivity index (χ2v) is 5.41. The lowest BCUT2D eigenvalue weighted by Crippen LogP contribution is -2.33. The van der Waals surface area contributed by atoms with Crippen LogP contribution in [0.3, 0.4) is 0 Å². The fourth-order valence-corrected chi connectivity index (χ4v) is 2.60. The molecule has 1 aliphatic heterocycles. The number of nitrogens with zero attached hydrogens (tertiary/aromatic N) is 3. The van der Waals surface area contributed by atoms with Crippen LogP contribution in [0, 0.1) is 11.7 Å². The molecule has 0 saturated carbocycles. The first kappa shape index (κ1) is 15.2. The van der Waals surface area contributed by atoms with Crippen molar-refractivity contribution in [3.8, 4) is 0 Å². The number of hydrogen-bond acceptors (Lipinski definition) is 8. The zero-order chi connectivity index (χ0) is 16.0. The Bertz CT molecular complexity index is 834. The van der Waals surface area contributed by atoms with Crippen LogP contribution in [-0.4, -0.2) is 59.8 Å². The number of ether oxygens (including phenoxy) is 1. The normalized spacial score (nSPS) is 28.4. The Morgan fingerprint density at radius 3 is 2.77 bits per heavy atom. The average Bonchev–Trinajstić information content (AvgIpc) is 2.76. The van der Waals surface area contributed by atoms with E-state index in [1.165, 1.54) is 10.8 Å². The van der Waals surface area contributed by atoms with Gasteiger partial charge < -0.3 is 25.0 Å². The molecule has 10 heteroatoms. The number of aliphatic hydroxyl groups excluding tert-OH is 3. The largest absolute Gasteiger partial charge is 0.394 e. The maximum Gasteiger partial charge on any atom is 0.270 e. The van der Waals surface area contributed by atoms with E-state index in [1.54, 1.807) is 6.92 Å². The van der Waals surface area contributed by atoms with Gasteiger partial charge in [0.1, 0.15) is 29.5 Å². The van der Waals surface area contributed by atoms with Gasteiger partial charge in [-0.2, -0.15) is 4.98 Å². The number of aryl methyl sites for hydroxylation is 1. The fraction of sp³-hybridized carbons (Fsp3) is 0.500. The molecular formula is C12H14N4O5S. The van der Waals surface area contributed by atoms with Gasteiger partial charge in [0.25, 0.3) is 5.56 Å². The first-order valence-electron chi connectivity index (χ1n) is 6.54. The molecule has 1 aliphatic rings. The van der Waals surface area contributed by atoms with Crippen molar-refractivity contribution < 1.29 is 20.1 Å². The van der Waals surface area contributed by atoms with Gasteiger partial charge in [0, 0.05) is 6.20 Å².